The van der Waals surface area contributed by atoms with Crippen LogP contribution in [0.4, 0.5) is 5.82 Å². The van der Waals surface area contributed by atoms with Crippen LogP contribution in [0.5, 0.6) is 5.75 Å². The number of aromatic amines is 1. The second-order valence-corrected chi connectivity index (χ2v) is 7.90. The number of fused-ring (bicyclic) bond motifs is 1. The van der Waals surface area contributed by atoms with Gasteiger partial charge in [-0.3, -0.25) is 9.67 Å². The van der Waals surface area contributed by atoms with Gasteiger partial charge in [0, 0.05) is 28.8 Å². The Morgan fingerprint density at radius 2 is 2.15 bits per heavy atom. The van der Waals surface area contributed by atoms with Crippen molar-refractivity contribution in [2.24, 2.45) is 0 Å². The van der Waals surface area contributed by atoms with Gasteiger partial charge in [0.05, 0.1) is 22.9 Å². The van der Waals surface area contributed by atoms with E-state index in [4.69, 9.17) is 10.5 Å². The summed E-state index contributed by atoms with van der Waals surface area (Å²) >= 11 is 0. The highest BCUT2D eigenvalue weighted by molar-refractivity contribution is 5.91. The SMILES string of the molecule is Cc1c(OCC2(NC3CC3)CC2)cc2[nH]ncc2c1-n1c(C)ccc1N. The van der Waals surface area contributed by atoms with Gasteiger partial charge in [-0.05, 0) is 51.7 Å². The van der Waals surface area contributed by atoms with Crippen LogP contribution >= 0.6 is 0 Å². The van der Waals surface area contributed by atoms with Crippen molar-refractivity contribution in [1.82, 2.24) is 20.1 Å². The fraction of sp³-hybridized carbons (Fsp3) is 0.450. The average molecular weight is 351 g/mol. The number of ether oxygens (including phenoxy) is 1. The number of rotatable bonds is 6. The van der Waals surface area contributed by atoms with Crippen molar-refractivity contribution in [2.75, 3.05) is 12.3 Å². The van der Waals surface area contributed by atoms with Crippen LogP contribution in [-0.2, 0) is 0 Å². The van der Waals surface area contributed by atoms with E-state index in [0.29, 0.717) is 12.6 Å². The molecule has 0 bridgehead atoms. The maximum Gasteiger partial charge on any atom is 0.126 e. The zero-order valence-electron chi connectivity index (χ0n) is 15.3. The summed E-state index contributed by atoms with van der Waals surface area (Å²) in [5.74, 6) is 1.62. The predicted octanol–water partition coefficient (Wildman–Crippen LogP) is 3.22. The standard InChI is InChI=1S/C20H25N5O/c1-12-3-6-18(21)25(12)19-13(2)17(9-16-15(19)10-22-24-16)26-11-20(7-8-20)23-14-4-5-14/h3,6,9-10,14,23H,4-5,7-8,11,21H2,1-2H3,(H,22,24). The van der Waals surface area contributed by atoms with E-state index in [1.54, 1.807) is 0 Å². The van der Waals surface area contributed by atoms with E-state index in [2.05, 4.69) is 40.0 Å². The number of nitrogens with zero attached hydrogens (tertiary/aromatic N) is 2. The Kier molecular flexibility index (Phi) is 3.34. The second kappa shape index (κ2) is 5.51. The van der Waals surface area contributed by atoms with Gasteiger partial charge in [-0.15, -0.1) is 0 Å². The van der Waals surface area contributed by atoms with Crippen LogP contribution in [0, 0.1) is 13.8 Å². The summed E-state index contributed by atoms with van der Waals surface area (Å²) in [7, 11) is 0. The van der Waals surface area contributed by atoms with Gasteiger partial charge in [0.1, 0.15) is 18.2 Å². The summed E-state index contributed by atoms with van der Waals surface area (Å²) in [4.78, 5) is 0. The number of aryl methyl sites for hydroxylation is 1. The van der Waals surface area contributed by atoms with Gasteiger partial charge in [0.15, 0.2) is 0 Å². The molecule has 26 heavy (non-hydrogen) atoms. The fourth-order valence-electron chi connectivity index (χ4n) is 3.81. The monoisotopic (exact) mass is 351 g/mol. The zero-order valence-corrected chi connectivity index (χ0v) is 15.3. The molecule has 2 fully saturated rings. The van der Waals surface area contributed by atoms with Gasteiger partial charge >= 0.3 is 0 Å². The van der Waals surface area contributed by atoms with E-state index in [1.165, 1.54) is 25.7 Å². The molecular weight excluding hydrogens is 326 g/mol. The van der Waals surface area contributed by atoms with Gasteiger partial charge < -0.3 is 15.8 Å². The van der Waals surface area contributed by atoms with Crippen LogP contribution in [0.25, 0.3) is 16.6 Å². The molecule has 5 rings (SSSR count). The maximum atomic E-state index is 6.32. The Bertz CT molecular complexity index is 958. The first kappa shape index (κ1) is 15.8. The normalized spacial score (nSPS) is 18.4. The minimum absolute atomic E-state index is 0.180. The molecule has 0 radical (unpaired) electrons. The minimum Gasteiger partial charge on any atom is -0.491 e. The molecule has 0 spiro atoms. The van der Waals surface area contributed by atoms with Gasteiger partial charge in [0.25, 0.3) is 0 Å². The first-order valence-electron chi connectivity index (χ1n) is 9.38. The molecule has 2 heterocycles. The molecular formula is C20H25N5O. The lowest BCUT2D eigenvalue weighted by atomic mass is 10.1. The molecule has 0 aliphatic heterocycles. The van der Waals surface area contributed by atoms with Gasteiger partial charge in [-0.2, -0.15) is 5.10 Å². The Labute approximate surface area is 152 Å². The van der Waals surface area contributed by atoms with Crippen molar-refractivity contribution < 1.29 is 4.74 Å². The molecule has 6 nitrogen and oxygen atoms in total. The van der Waals surface area contributed by atoms with Crippen LogP contribution in [0.2, 0.25) is 0 Å². The Balaban J connectivity index is 1.53. The number of benzene rings is 1. The lowest BCUT2D eigenvalue weighted by Crippen LogP contribution is -2.38. The van der Waals surface area contributed by atoms with Crippen molar-refractivity contribution in [3.63, 3.8) is 0 Å². The molecule has 0 amide bonds. The Hall–Kier alpha value is -2.47. The highest BCUT2D eigenvalue weighted by Gasteiger charge is 2.46. The van der Waals surface area contributed by atoms with Crippen molar-refractivity contribution in [1.29, 1.82) is 0 Å². The summed E-state index contributed by atoms with van der Waals surface area (Å²) in [5.41, 5.74) is 10.6. The van der Waals surface area contributed by atoms with Crippen LogP contribution < -0.4 is 15.8 Å². The van der Waals surface area contributed by atoms with Crippen LogP contribution in [0.3, 0.4) is 0 Å². The van der Waals surface area contributed by atoms with Crippen molar-refractivity contribution in [3.8, 4) is 11.4 Å². The molecule has 2 saturated carbocycles. The first-order valence-corrected chi connectivity index (χ1v) is 9.38. The van der Waals surface area contributed by atoms with Crippen molar-refractivity contribution in [2.45, 2.75) is 51.1 Å². The zero-order chi connectivity index (χ0) is 17.9. The molecule has 0 atom stereocenters. The summed E-state index contributed by atoms with van der Waals surface area (Å²) in [6.45, 7) is 4.88. The number of nitrogens with one attached hydrogen (secondary N) is 2. The predicted molar refractivity (Wildman–Crippen MR) is 103 cm³/mol. The second-order valence-electron chi connectivity index (χ2n) is 7.90. The van der Waals surface area contributed by atoms with E-state index in [-0.39, 0.29) is 5.54 Å². The Morgan fingerprint density at radius 1 is 1.35 bits per heavy atom. The molecule has 3 aromatic rings. The van der Waals surface area contributed by atoms with E-state index >= 15 is 0 Å². The molecule has 136 valence electrons. The van der Waals surface area contributed by atoms with Crippen LogP contribution in [0.15, 0.2) is 24.4 Å². The van der Waals surface area contributed by atoms with Crippen LogP contribution in [0.1, 0.15) is 36.9 Å². The molecule has 0 unspecified atom stereocenters. The minimum atomic E-state index is 0.180. The van der Waals surface area contributed by atoms with Crippen molar-refractivity contribution >= 4 is 16.7 Å². The highest BCUT2D eigenvalue weighted by atomic mass is 16.5. The van der Waals surface area contributed by atoms with Crippen molar-refractivity contribution in [3.05, 3.63) is 35.7 Å². The lowest BCUT2D eigenvalue weighted by Gasteiger charge is -2.21. The van der Waals surface area contributed by atoms with Gasteiger partial charge in [-0.1, -0.05) is 0 Å². The van der Waals surface area contributed by atoms with E-state index in [9.17, 15) is 0 Å². The smallest absolute Gasteiger partial charge is 0.126 e. The third-order valence-electron chi connectivity index (χ3n) is 5.70. The van der Waals surface area contributed by atoms with E-state index in [1.807, 2.05) is 18.3 Å². The third kappa shape index (κ3) is 2.56. The number of H-pyrrole nitrogens is 1. The summed E-state index contributed by atoms with van der Waals surface area (Å²) < 4.78 is 8.40. The van der Waals surface area contributed by atoms with E-state index in [0.717, 1.165) is 39.4 Å². The molecule has 2 aliphatic carbocycles. The van der Waals surface area contributed by atoms with Gasteiger partial charge in [0.2, 0.25) is 0 Å². The van der Waals surface area contributed by atoms with Crippen LogP contribution in [-0.4, -0.2) is 33.0 Å². The third-order valence-corrected chi connectivity index (χ3v) is 5.70. The first-order chi connectivity index (χ1) is 12.6. The molecule has 2 aromatic heterocycles. The number of nitrogens with two attached hydrogens (primary N) is 1. The number of nitrogen functional groups attached to an aromatic ring is 1. The summed E-state index contributed by atoms with van der Waals surface area (Å²) in [6, 6.07) is 6.73. The molecule has 1 aromatic carbocycles. The quantitative estimate of drug-likeness (QED) is 0.637. The fourth-order valence-corrected chi connectivity index (χ4v) is 3.81. The lowest BCUT2D eigenvalue weighted by molar-refractivity contribution is 0.249. The van der Waals surface area contributed by atoms with Gasteiger partial charge in [-0.25, -0.2) is 0 Å². The van der Waals surface area contributed by atoms with E-state index < -0.39 is 0 Å². The molecule has 0 saturated heterocycles. The Morgan fingerprint density at radius 3 is 2.81 bits per heavy atom. The number of aromatic nitrogens is 3. The largest absolute Gasteiger partial charge is 0.491 e. The summed E-state index contributed by atoms with van der Waals surface area (Å²) in [5, 5.41) is 12.1. The average Bonchev–Trinajstić information content (AvgIpc) is 3.52. The molecule has 6 heteroatoms. The number of hydrogen-bond acceptors (Lipinski definition) is 4. The number of hydrogen-bond donors (Lipinski definition) is 3. The highest BCUT2D eigenvalue weighted by Crippen LogP contribution is 2.41. The summed E-state index contributed by atoms with van der Waals surface area (Å²) in [6.07, 6.45) is 6.86. The molecule has 4 N–H and O–H groups in total. The topological polar surface area (TPSA) is 80.9 Å². The molecule has 2 aliphatic rings. The maximum absolute atomic E-state index is 6.32. The number of anilines is 1.